The second kappa shape index (κ2) is 9.38. The molecule has 1 saturated heterocycles. The molecule has 34 heavy (non-hydrogen) atoms. The van der Waals surface area contributed by atoms with E-state index in [1.165, 1.54) is 0 Å². The SMILES string of the molecule is CCCOC(=O)N1CCN(C(=O)c2ccc3c(Cl)cc(-c4ccc5c(c4)CN=N5)nc3c2)CC1. The van der Waals surface area contributed by atoms with Gasteiger partial charge in [0.25, 0.3) is 5.91 Å². The number of benzene rings is 2. The van der Waals surface area contributed by atoms with Crippen LogP contribution in [-0.4, -0.2) is 59.6 Å². The third kappa shape index (κ3) is 4.33. The Hall–Kier alpha value is -3.52. The number of carbonyl (C=O) groups is 2. The molecule has 0 aliphatic carbocycles. The summed E-state index contributed by atoms with van der Waals surface area (Å²) in [5.41, 5.74) is 4.79. The fraction of sp³-hybridized carbons (Fsp3) is 0.320. The number of aromatic nitrogens is 1. The molecule has 0 unspecified atom stereocenters. The molecule has 2 aromatic carbocycles. The minimum absolute atomic E-state index is 0.0902. The molecule has 0 bridgehead atoms. The summed E-state index contributed by atoms with van der Waals surface area (Å²) < 4.78 is 5.19. The van der Waals surface area contributed by atoms with E-state index >= 15 is 0 Å². The normalized spacial score (nSPS) is 15.0. The minimum Gasteiger partial charge on any atom is -0.449 e. The quantitative estimate of drug-likeness (QED) is 0.499. The maximum atomic E-state index is 13.2. The van der Waals surface area contributed by atoms with Gasteiger partial charge < -0.3 is 14.5 Å². The number of ether oxygens (including phenoxy) is 1. The molecular weight excluding hydrogens is 454 g/mol. The summed E-state index contributed by atoms with van der Waals surface area (Å²) in [4.78, 5) is 33.4. The van der Waals surface area contributed by atoms with Crippen LogP contribution >= 0.6 is 11.6 Å². The Morgan fingerprint density at radius 3 is 2.62 bits per heavy atom. The largest absolute Gasteiger partial charge is 0.449 e. The summed E-state index contributed by atoms with van der Waals surface area (Å²) in [5, 5.41) is 9.54. The molecule has 2 amide bonds. The molecule has 0 N–H and O–H groups in total. The molecule has 1 aromatic heterocycles. The van der Waals surface area contributed by atoms with Crippen LogP contribution < -0.4 is 0 Å². The van der Waals surface area contributed by atoms with Gasteiger partial charge >= 0.3 is 6.09 Å². The highest BCUT2D eigenvalue weighted by molar-refractivity contribution is 6.35. The van der Waals surface area contributed by atoms with Crippen molar-refractivity contribution < 1.29 is 14.3 Å². The molecule has 5 rings (SSSR count). The van der Waals surface area contributed by atoms with Gasteiger partial charge in [-0.15, -0.1) is 0 Å². The smallest absolute Gasteiger partial charge is 0.409 e. The molecule has 0 radical (unpaired) electrons. The standard InChI is InChI=1S/C25H24ClN5O3/c1-2-11-34-25(33)31-9-7-30(8-10-31)24(32)17-3-5-19-20(26)14-22(28-23(19)13-17)16-4-6-21-18(12-16)15-27-29-21/h3-6,12-14H,2,7-11,15H2,1H3. The van der Waals surface area contributed by atoms with Gasteiger partial charge in [0.05, 0.1) is 35.1 Å². The van der Waals surface area contributed by atoms with Gasteiger partial charge in [0, 0.05) is 48.3 Å². The Morgan fingerprint density at radius 1 is 1.03 bits per heavy atom. The van der Waals surface area contributed by atoms with Crippen LogP contribution in [0.15, 0.2) is 52.7 Å². The van der Waals surface area contributed by atoms with Crippen LogP contribution in [0.2, 0.25) is 5.02 Å². The highest BCUT2D eigenvalue weighted by Crippen LogP contribution is 2.33. The van der Waals surface area contributed by atoms with Crippen LogP contribution in [0.5, 0.6) is 0 Å². The Balaban J connectivity index is 1.35. The second-order valence-electron chi connectivity index (χ2n) is 8.36. The first-order valence-corrected chi connectivity index (χ1v) is 11.7. The molecule has 2 aliphatic heterocycles. The van der Waals surface area contributed by atoms with E-state index in [-0.39, 0.29) is 12.0 Å². The predicted octanol–water partition coefficient (Wildman–Crippen LogP) is 5.46. The molecule has 9 heteroatoms. The minimum atomic E-state index is -0.320. The van der Waals surface area contributed by atoms with Crippen molar-refractivity contribution >= 4 is 40.2 Å². The number of pyridine rings is 1. The molecule has 174 valence electrons. The third-order valence-electron chi connectivity index (χ3n) is 6.06. The van der Waals surface area contributed by atoms with Gasteiger partial charge in [-0.25, -0.2) is 9.78 Å². The summed E-state index contributed by atoms with van der Waals surface area (Å²) in [6.45, 7) is 4.74. The van der Waals surface area contributed by atoms with Crippen LogP contribution in [0.3, 0.4) is 0 Å². The lowest BCUT2D eigenvalue weighted by molar-refractivity contribution is 0.0560. The van der Waals surface area contributed by atoms with Crippen molar-refractivity contribution in [1.29, 1.82) is 0 Å². The van der Waals surface area contributed by atoms with Crippen molar-refractivity contribution in [2.24, 2.45) is 10.2 Å². The first-order valence-electron chi connectivity index (χ1n) is 11.4. The van der Waals surface area contributed by atoms with Gasteiger partial charge in [-0.1, -0.05) is 30.7 Å². The molecule has 0 spiro atoms. The number of halogens is 1. The summed E-state index contributed by atoms with van der Waals surface area (Å²) in [6, 6.07) is 13.1. The van der Waals surface area contributed by atoms with Gasteiger partial charge in [0.2, 0.25) is 0 Å². The number of azo groups is 1. The van der Waals surface area contributed by atoms with Crippen LogP contribution in [0.4, 0.5) is 10.5 Å². The molecule has 3 aromatic rings. The van der Waals surface area contributed by atoms with E-state index in [0.29, 0.717) is 55.4 Å². The first-order chi connectivity index (χ1) is 16.5. The number of rotatable bonds is 4. The Bertz CT molecular complexity index is 1300. The van der Waals surface area contributed by atoms with E-state index in [0.717, 1.165) is 34.3 Å². The number of amides is 2. The van der Waals surface area contributed by atoms with Gasteiger partial charge in [0.1, 0.15) is 0 Å². The zero-order valence-corrected chi connectivity index (χ0v) is 19.6. The van der Waals surface area contributed by atoms with Crippen LogP contribution in [0, 0.1) is 0 Å². The number of piperazine rings is 1. The van der Waals surface area contributed by atoms with Crippen LogP contribution in [0.25, 0.3) is 22.2 Å². The Kier molecular flexibility index (Phi) is 6.15. The summed E-state index contributed by atoms with van der Waals surface area (Å²) in [6.07, 6.45) is 0.462. The van der Waals surface area contributed by atoms with Crippen molar-refractivity contribution in [3.05, 3.63) is 58.6 Å². The molecule has 3 heterocycles. The van der Waals surface area contributed by atoms with E-state index < -0.39 is 0 Å². The van der Waals surface area contributed by atoms with E-state index in [4.69, 9.17) is 21.3 Å². The average Bonchev–Trinajstić information content (AvgIpc) is 3.34. The van der Waals surface area contributed by atoms with Crippen LogP contribution in [0.1, 0.15) is 29.3 Å². The number of carbonyl (C=O) groups excluding carboxylic acids is 2. The zero-order valence-electron chi connectivity index (χ0n) is 18.8. The maximum Gasteiger partial charge on any atom is 0.409 e. The lowest BCUT2D eigenvalue weighted by atomic mass is 10.0. The van der Waals surface area contributed by atoms with E-state index in [9.17, 15) is 9.59 Å². The number of hydrogen-bond donors (Lipinski definition) is 0. The van der Waals surface area contributed by atoms with Crippen molar-refractivity contribution in [1.82, 2.24) is 14.8 Å². The molecule has 8 nitrogen and oxygen atoms in total. The van der Waals surface area contributed by atoms with Gasteiger partial charge in [-0.05, 0) is 36.8 Å². The summed E-state index contributed by atoms with van der Waals surface area (Å²) in [5.74, 6) is -0.0902. The highest BCUT2D eigenvalue weighted by Gasteiger charge is 2.26. The zero-order chi connectivity index (χ0) is 23.7. The number of fused-ring (bicyclic) bond motifs is 2. The molecule has 1 fully saturated rings. The van der Waals surface area contributed by atoms with Crippen molar-refractivity contribution in [2.45, 2.75) is 19.9 Å². The van der Waals surface area contributed by atoms with E-state index in [1.54, 1.807) is 21.9 Å². The van der Waals surface area contributed by atoms with Crippen LogP contribution in [-0.2, 0) is 11.3 Å². The summed E-state index contributed by atoms with van der Waals surface area (Å²) in [7, 11) is 0. The fourth-order valence-electron chi connectivity index (χ4n) is 4.18. The summed E-state index contributed by atoms with van der Waals surface area (Å²) >= 11 is 6.57. The van der Waals surface area contributed by atoms with Crippen molar-refractivity contribution in [3.63, 3.8) is 0 Å². The monoisotopic (exact) mass is 477 g/mol. The lowest BCUT2D eigenvalue weighted by Gasteiger charge is -2.34. The van der Waals surface area contributed by atoms with E-state index in [1.807, 2.05) is 37.3 Å². The molecule has 0 atom stereocenters. The Labute approximate surface area is 202 Å². The highest BCUT2D eigenvalue weighted by atomic mass is 35.5. The second-order valence-corrected chi connectivity index (χ2v) is 8.77. The van der Waals surface area contributed by atoms with Crippen molar-refractivity contribution in [3.8, 4) is 11.3 Å². The first kappa shape index (κ1) is 22.3. The number of nitrogens with zero attached hydrogens (tertiary/aromatic N) is 5. The van der Waals surface area contributed by atoms with Gasteiger partial charge in [0.15, 0.2) is 0 Å². The lowest BCUT2D eigenvalue weighted by Crippen LogP contribution is -2.50. The Morgan fingerprint density at radius 2 is 1.82 bits per heavy atom. The molecule has 0 saturated carbocycles. The molecular formula is C25H24ClN5O3. The topological polar surface area (TPSA) is 87.5 Å². The van der Waals surface area contributed by atoms with E-state index in [2.05, 4.69) is 10.2 Å². The van der Waals surface area contributed by atoms with Gasteiger partial charge in [-0.3, -0.25) is 4.79 Å². The van der Waals surface area contributed by atoms with Gasteiger partial charge in [-0.2, -0.15) is 10.2 Å². The number of hydrogen-bond acceptors (Lipinski definition) is 6. The third-order valence-corrected chi connectivity index (χ3v) is 6.37. The average molecular weight is 478 g/mol. The fourth-order valence-corrected chi connectivity index (χ4v) is 4.44. The van der Waals surface area contributed by atoms with Crippen molar-refractivity contribution in [2.75, 3.05) is 32.8 Å². The maximum absolute atomic E-state index is 13.2. The predicted molar refractivity (Wildman–Crippen MR) is 130 cm³/mol. The molecule has 2 aliphatic rings.